The van der Waals surface area contributed by atoms with E-state index >= 15 is 0 Å². The van der Waals surface area contributed by atoms with Crippen LogP contribution in [0.25, 0.3) is 11.0 Å². The van der Waals surface area contributed by atoms with Crippen molar-refractivity contribution in [2.45, 2.75) is 39.5 Å². The van der Waals surface area contributed by atoms with Crippen molar-refractivity contribution in [2.24, 2.45) is 7.05 Å². The van der Waals surface area contributed by atoms with Crippen LogP contribution in [0.4, 0.5) is 5.82 Å². The Morgan fingerprint density at radius 2 is 1.71 bits per heavy atom. The maximum atomic E-state index is 6.24. The first-order chi connectivity index (χ1) is 13.4. The topological polar surface area (TPSA) is 52.4 Å². The first-order valence-electron chi connectivity index (χ1n) is 9.77. The maximum absolute atomic E-state index is 6.24. The average Bonchev–Trinajstić information content (AvgIpc) is 3.00. The third-order valence-corrected chi connectivity index (χ3v) is 5.22. The van der Waals surface area contributed by atoms with Gasteiger partial charge in [0.2, 0.25) is 0 Å². The summed E-state index contributed by atoms with van der Waals surface area (Å²) in [4.78, 5) is 11.3. The fraction of sp³-hybridized carbons (Fsp3) is 0.455. The normalized spacial score (nSPS) is 11.3. The molecule has 2 heterocycles. The summed E-state index contributed by atoms with van der Waals surface area (Å²) in [5.41, 5.74) is 4.12. The van der Waals surface area contributed by atoms with Crippen molar-refractivity contribution in [3.63, 3.8) is 0 Å². The van der Waals surface area contributed by atoms with Crippen LogP contribution in [0.15, 0.2) is 24.3 Å². The second kappa shape index (κ2) is 8.09. The molecule has 6 heteroatoms. The zero-order valence-electron chi connectivity index (χ0n) is 17.9. The number of hydrogen-bond acceptors (Lipinski definition) is 5. The van der Waals surface area contributed by atoms with Crippen LogP contribution in [0.5, 0.6) is 17.5 Å². The molecule has 0 aliphatic carbocycles. The predicted molar refractivity (Wildman–Crippen MR) is 114 cm³/mol. The van der Waals surface area contributed by atoms with Crippen molar-refractivity contribution < 1.29 is 9.47 Å². The van der Waals surface area contributed by atoms with Crippen molar-refractivity contribution in [1.29, 1.82) is 0 Å². The van der Waals surface area contributed by atoms with Crippen LogP contribution in [-0.2, 0) is 7.05 Å². The van der Waals surface area contributed by atoms with Crippen LogP contribution in [-0.4, -0.2) is 35.7 Å². The van der Waals surface area contributed by atoms with Gasteiger partial charge in [0.15, 0.2) is 11.6 Å². The quantitative estimate of drug-likeness (QED) is 0.572. The number of ether oxygens (including phenoxy) is 2. The predicted octanol–water partition coefficient (Wildman–Crippen LogP) is 5.05. The fourth-order valence-electron chi connectivity index (χ4n) is 3.65. The van der Waals surface area contributed by atoms with Crippen LogP contribution in [0.1, 0.15) is 43.9 Å². The largest absolute Gasteiger partial charge is 0.494 e. The van der Waals surface area contributed by atoms with Crippen LogP contribution >= 0.6 is 0 Å². The molecule has 0 saturated carbocycles. The van der Waals surface area contributed by atoms with Crippen molar-refractivity contribution in [2.75, 3.05) is 26.1 Å². The van der Waals surface area contributed by atoms with E-state index in [1.54, 1.807) is 7.11 Å². The summed E-state index contributed by atoms with van der Waals surface area (Å²) in [6.45, 7) is 6.41. The molecule has 3 rings (SSSR count). The van der Waals surface area contributed by atoms with E-state index in [9.17, 15) is 0 Å². The van der Waals surface area contributed by atoms with E-state index in [1.165, 1.54) is 5.56 Å². The van der Waals surface area contributed by atoms with Gasteiger partial charge in [-0.25, -0.2) is 4.98 Å². The summed E-state index contributed by atoms with van der Waals surface area (Å²) in [5.74, 6) is 2.68. The number of imidazole rings is 1. The number of fused-ring (bicyclic) bond motifs is 1. The van der Waals surface area contributed by atoms with Crippen LogP contribution in [0, 0.1) is 6.92 Å². The zero-order chi connectivity index (χ0) is 20.4. The number of aromatic nitrogens is 3. The molecule has 3 aromatic rings. The lowest BCUT2D eigenvalue weighted by Gasteiger charge is -2.17. The van der Waals surface area contributed by atoms with Gasteiger partial charge in [-0.3, -0.25) is 4.57 Å². The Labute approximate surface area is 167 Å². The van der Waals surface area contributed by atoms with Gasteiger partial charge >= 0.3 is 6.01 Å². The van der Waals surface area contributed by atoms with Gasteiger partial charge in [0.25, 0.3) is 0 Å². The molecule has 0 radical (unpaired) electrons. The molecule has 28 heavy (non-hydrogen) atoms. The van der Waals surface area contributed by atoms with Crippen molar-refractivity contribution in [3.8, 4) is 17.5 Å². The van der Waals surface area contributed by atoms with Gasteiger partial charge in [-0.2, -0.15) is 4.98 Å². The Balaban J connectivity index is 2.16. The third-order valence-electron chi connectivity index (χ3n) is 5.22. The molecule has 1 aromatic carbocycles. The van der Waals surface area contributed by atoms with Crippen LogP contribution in [0.2, 0.25) is 0 Å². The molecule has 150 valence electrons. The van der Waals surface area contributed by atoms with Gasteiger partial charge in [0.05, 0.1) is 12.6 Å². The molecule has 0 aliphatic heterocycles. The highest BCUT2D eigenvalue weighted by atomic mass is 16.5. The lowest BCUT2D eigenvalue weighted by molar-refractivity contribution is 0.416. The molecule has 0 fully saturated rings. The first-order valence-corrected chi connectivity index (χ1v) is 9.77. The highest BCUT2D eigenvalue weighted by Crippen LogP contribution is 2.38. The molecular weight excluding hydrogens is 352 g/mol. The minimum Gasteiger partial charge on any atom is -0.494 e. The second-order valence-electron chi connectivity index (χ2n) is 7.29. The Hall–Kier alpha value is -2.76. The van der Waals surface area contributed by atoms with E-state index in [0.29, 0.717) is 17.7 Å². The standard InChI is InChI=1S/C22H30N4O2/c1-8-15(9-2)16-11-13-17(27-7)19-20(16)26(6)22(24-19)28-18-12-10-14(3)23-21(18)25(4)5/h10-13,15H,8-9H2,1-7H3. The monoisotopic (exact) mass is 382 g/mol. The Morgan fingerprint density at radius 3 is 2.32 bits per heavy atom. The summed E-state index contributed by atoms with van der Waals surface area (Å²) in [6, 6.07) is 8.58. The number of nitrogens with zero attached hydrogens (tertiary/aromatic N) is 4. The van der Waals surface area contributed by atoms with E-state index in [1.807, 2.05) is 55.7 Å². The molecule has 0 N–H and O–H groups in total. The Kier molecular flexibility index (Phi) is 5.77. The highest BCUT2D eigenvalue weighted by molar-refractivity contribution is 5.87. The first kappa shape index (κ1) is 20.0. The second-order valence-corrected chi connectivity index (χ2v) is 7.29. The Bertz CT molecular complexity index is 974. The summed E-state index contributed by atoms with van der Waals surface area (Å²) < 4.78 is 13.8. The maximum Gasteiger partial charge on any atom is 0.302 e. The van der Waals surface area contributed by atoms with Crippen LogP contribution < -0.4 is 14.4 Å². The van der Waals surface area contributed by atoms with Gasteiger partial charge in [0.1, 0.15) is 11.3 Å². The number of rotatable bonds is 7. The van der Waals surface area contributed by atoms with Crippen molar-refractivity contribution in [1.82, 2.24) is 14.5 Å². The van der Waals surface area contributed by atoms with E-state index in [-0.39, 0.29) is 0 Å². The van der Waals surface area contributed by atoms with Crippen molar-refractivity contribution in [3.05, 3.63) is 35.5 Å². The molecule has 2 aromatic heterocycles. The van der Waals surface area contributed by atoms with Gasteiger partial charge < -0.3 is 14.4 Å². The molecule has 0 spiro atoms. The van der Waals surface area contributed by atoms with E-state index < -0.39 is 0 Å². The van der Waals surface area contributed by atoms with E-state index in [2.05, 4.69) is 24.9 Å². The number of hydrogen-bond donors (Lipinski definition) is 0. The Morgan fingerprint density at radius 1 is 1.04 bits per heavy atom. The molecule has 0 bridgehead atoms. The van der Waals surface area contributed by atoms with Gasteiger partial charge in [-0.15, -0.1) is 0 Å². The molecular formula is C22H30N4O2. The minimum absolute atomic E-state index is 0.468. The summed E-state index contributed by atoms with van der Waals surface area (Å²) in [6.07, 6.45) is 2.15. The lowest BCUT2D eigenvalue weighted by atomic mass is 9.92. The zero-order valence-corrected chi connectivity index (χ0v) is 17.9. The van der Waals surface area contributed by atoms with E-state index in [0.717, 1.165) is 41.1 Å². The van der Waals surface area contributed by atoms with Gasteiger partial charge in [-0.1, -0.05) is 19.9 Å². The summed E-state index contributed by atoms with van der Waals surface area (Å²) in [5, 5.41) is 0. The molecule has 6 nitrogen and oxygen atoms in total. The van der Waals surface area contributed by atoms with Gasteiger partial charge in [-0.05, 0) is 49.4 Å². The molecule has 0 amide bonds. The smallest absolute Gasteiger partial charge is 0.302 e. The number of benzene rings is 1. The fourth-order valence-corrected chi connectivity index (χ4v) is 3.65. The number of methoxy groups -OCH3 is 1. The highest BCUT2D eigenvalue weighted by Gasteiger charge is 2.21. The SMILES string of the molecule is CCC(CC)c1ccc(OC)c2nc(Oc3ccc(C)nc3N(C)C)n(C)c12. The molecule has 0 unspecified atom stereocenters. The summed E-state index contributed by atoms with van der Waals surface area (Å²) >= 11 is 0. The summed E-state index contributed by atoms with van der Waals surface area (Å²) in [7, 11) is 7.58. The van der Waals surface area contributed by atoms with Crippen molar-refractivity contribution >= 4 is 16.9 Å². The number of pyridine rings is 1. The van der Waals surface area contributed by atoms with Crippen LogP contribution in [0.3, 0.4) is 0 Å². The lowest BCUT2D eigenvalue weighted by Crippen LogP contribution is -2.12. The number of anilines is 1. The average molecular weight is 383 g/mol. The third kappa shape index (κ3) is 3.51. The minimum atomic E-state index is 0.468. The van der Waals surface area contributed by atoms with Gasteiger partial charge in [0, 0.05) is 26.8 Å². The molecule has 0 atom stereocenters. The molecule has 0 saturated heterocycles. The number of aryl methyl sites for hydroxylation is 2. The van der Waals surface area contributed by atoms with E-state index in [4.69, 9.17) is 14.5 Å². The molecule has 0 aliphatic rings.